The van der Waals surface area contributed by atoms with Gasteiger partial charge in [0.15, 0.2) is 0 Å². The van der Waals surface area contributed by atoms with E-state index in [9.17, 15) is 9.18 Å². The van der Waals surface area contributed by atoms with Crippen molar-refractivity contribution in [2.75, 3.05) is 5.32 Å². The van der Waals surface area contributed by atoms with Crippen molar-refractivity contribution in [3.63, 3.8) is 0 Å². The normalized spacial score (nSPS) is 10.3. The fourth-order valence-corrected chi connectivity index (χ4v) is 2.16. The Labute approximate surface area is 127 Å². The lowest BCUT2D eigenvalue weighted by Gasteiger charge is -2.09. The predicted octanol–water partition coefficient (Wildman–Crippen LogP) is 5.15. The summed E-state index contributed by atoms with van der Waals surface area (Å²) in [6.07, 6.45) is 0. The molecule has 0 saturated heterocycles. The van der Waals surface area contributed by atoms with Crippen molar-refractivity contribution in [2.24, 2.45) is 0 Å². The highest BCUT2D eigenvalue weighted by Crippen LogP contribution is 2.30. The highest BCUT2D eigenvalue weighted by atomic mass is 79.9. The molecule has 19 heavy (non-hydrogen) atoms. The second-order valence-electron chi connectivity index (χ2n) is 3.68. The average Bonchev–Trinajstić information content (AvgIpc) is 2.34. The summed E-state index contributed by atoms with van der Waals surface area (Å²) in [6, 6.07) is 8.87. The Bertz CT molecular complexity index is 649. The molecule has 2 rings (SSSR count). The zero-order valence-corrected chi connectivity index (χ0v) is 12.5. The van der Waals surface area contributed by atoms with Crippen molar-refractivity contribution in [2.45, 2.75) is 0 Å². The molecule has 0 saturated carbocycles. The second kappa shape index (κ2) is 5.90. The van der Waals surface area contributed by atoms with Crippen molar-refractivity contribution >= 4 is 50.7 Å². The third-order valence-electron chi connectivity index (χ3n) is 2.38. The van der Waals surface area contributed by atoms with Gasteiger partial charge in [-0.25, -0.2) is 4.39 Å². The van der Waals surface area contributed by atoms with E-state index in [2.05, 4.69) is 21.2 Å². The number of halogens is 4. The van der Waals surface area contributed by atoms with Gasteiger partial charge in [-0.2, -0.15) is 0 Å². The highest BCUT2D eigenvalue weighted by Gasteiger charge is 2.14. The fraction of sp³-hybridized carbons (Fsp3) is 0. The summed E-state index contributed by atoms with van der Waals surface area (Å²) in [7, 11) is 0. The van der Waals surface area contributed by atoms with E-state index in [4.69, 9.17) is 23.2 Å². The minimum Gasteiger partial charge on any atom is -0.321 e. The molecule has 0 heterocycles. The minimum absolute atomic E-state index is 0.0868. The Balaban J connectivity index is 2.28. The zero-order valence-electron chi connectivity index (χ0n) is 9.38. The molecule has 6 heteroatoms. The molecular formula is C13H7BrCl2FNO. The number of hydrogen-bond acceptors (Lipinski definition) is 1. The number of anilines is 1. The summed E-state index contributed by atoms with van der Waals surface area (Å²) < 4.78 is 14.1. The number of benzene rings is 2. The van der Waals surface area contributed by atoms with Gasteiger partial charge in [0, 0.05) is 5.02 Å². The second-order valence-corrected chi connectivity index (χ2v) is 5.32. The topological polar surface area (TPSA) is 29.1 Å². The number of amides is 1. The van der Waals surface area contributed by atoms with Gasteiger partial charge in [0.1, 0.15) is 5.82 Å². The van der Waals surface area contributed by atoms with Crippen LogP contribution in [0.4, 0.5) is 10.1 Å². The molecule has 0 fully saturated rings. The molecule has 0 aromatic heterocycles. The van der Waals surface area contributed by atoms with E-state index in [0.717, 1.165) is 6.07 Å². The summed E-state index contributed by atoms with van der Waals surface area (Å²) >= 11 is 14.8. The molecule has 0 aliphatic heterocycles. The average molecular weight is 363 g/mol. The summed E-state index contributed by atoms with van der Waals surface area (Å²) in [5, 5.41) is 3.26. The van der Waals surface area contributed by atoms with E-state index in [-0.39, 0.29) is 10.6 Å². The molecule has 0 bridgehead atoms. The summed E-state index contributed by atoms with van der Waals surface area (Å²) in [5.41, 5.74) is 0.378. The van der Waals surface area contributed by atoms with E-state index >= 15 is 0 Å². The van der Waals surface area contributed by atoms with Gasteiger partial charge < -0.3 is 5.32 Å². The zero-order chi connectivity index (χ0) is 14.0. The van der Waals surface area contributed by atoms with Crippen molar-refractivity contribution in [3.05, 3.63) is 62.3 Å². The highest BCUT2D eigenvalue weighted by molar-refractivity contribution is 9.10. The molecule has 2 nitrogen and oxygen atoms in total. The maximum atomic E-state index is 13.6. The van der Waals surface area contributed by atoms with Gasteiger partial charge >= 0.3 is 0 Å². The third kappa shape index (κ3) is 3.26. The number of carbonyl (C=O) groups is 1. The van der Waals surface area contributed by atoms with Crippen LogP contribution in [-0.2, 0) is 0 Å². The fourth-order valence-electron chi connectivity index (χ4n) is 1.46. The van der Waals surface area contributed by atoms with Crippen LogP contribution in [0.15, 0.2) is 40.9 Å². The molecule has 2 aromatic carbocycles. The van der Waals surface area contributed by atoms with Crippen LogP contribution < -0.4 is 5.32 Å². The Morgan fingerprint density at radius 1 is 1.21 bits per heavy atom. The van der Waals surface area contributed by atoms with Crippen LogP contribution >= 0.6 is 39.1 Å². The van der Waals surface area contributed by atoms with Crippen molar-refractivity contribution in [1.29, 1.82) is 0 Å². The molecule has 0 unspecified atom stereocenters. The van der Waals surface area contributed by atoms with Crippen LogP contribution in [0.3, 0.4) is 0 Å². The molecule has 2 aromatic rings. The van der Waals surface area contributed by atoms with Crippen LogP contribution in [0.2, 0.25) is 10.0 Å². The molecule has 98 valence electrons. The lowest BCUT2D eigenvalue weighted by Crippen LogP contribution is -2.14. The van der Waals surface area contributed by atoms with Gasteiger partial charge in [0.2, 0.25) is 0 Å². The van der Waals surface area contributed by atoms with Crippen LogP contribution in [0.25, 0.3) is 0 Å². The Kier molecular flexibility index (Phi) is 4.45. The van der Waals surface area contributed by atoms with Gasteiger partial charge in [-0.05, 0) is 46.3 Å². The van der Waals surface area contributed by atoms with E-state index in [0.29, 0.717) is 15.2 Å². The van der Waals surface area contributed by atoms with Gasteiger partial charge in [-0.3, -0.25) is 4.79 Å². The van der Waals surface area contributed by atoms with Crippen LogP contribution in [0.5, 0.6) is 0 Å². The Morgan fingerprint density at radius 2 is 1.95 bits per heavy atom. The first kappa shape index (κ1) is 14.3. The quantitative estimate of drug-likeness (QED) is 0.786. The van der Waals surface area contributed by atoms with Gasteiger partial charge in [0.25, 0.3) is 5.91 Å². The summed E-state index contributed by atoms with van der Waals surface area (Å²) in [5.74, 6) is -1.25. The van der Waals surface area contributed by atoms with Gasteiger partial charge in [-0.15, -0.1) is 0 Å². The molecule has 0 aliphatic carbocycles. The van der Waals surface area contributed by atoms with Crippen molar-refractivity contribution < 1.29 is 9.18 Å². The number of hydrogen-bond donors (Lipinski definition) is 1. The first-order chi connectivity index (χ1) is 8.99. The Morgan fingerprint density at radius 3 is 2.63 bits per heavy atom. The summed E-state index contributed by atoms with van der Waals surface area (Å²) in [6.45, 7) is 0. The van der Waals surface area contributed by atoms with Crippen molar-refractivity contribution in [3.8, 4) is 0 Å². The molecule has 0 radical (unpaired) electrons. The van der Waals surface area contributed by atoms with E-state index in [1.807, 2.05) is 0 Å². The minimum atomic E-state index is -0.678. The first-order valence-corrected chi connectivity index (χ1v) is 6.74. The first-order valence-electron chi connectivity index (χ1n) is 5.19. The lowest BCUT2D eigenvalue weighted by atomic mass is 10.2. The van der Waals surface area contributed by atoms with Crippen LogP contribution in [0, 0.1) is 5.82 Å². The van der Waals surface area contributed by atoms with Crippen molar-refractivity contribution in [1.82, 2.24) is 0 Å². The third-order valence-corrected chi connectivity index (χ3v) is 4.01. The smallest absolute Gasteiger partial charge is 0.258 e. The molecule has 0 atom stereocenters. The maximum absolute atomic E-state index is 13.6. The van der Waals surface area contributed by atoms with Gasteiger partial charge in [-0.1, -0.05) is 29.3 Å². The number of carbonyl (C=O) groups excluding carboxylic acids is 1. The molecule has 1 N–H and O–H groups in total. The number of nitrogens with one attached hydrogen (secondary N) is 1. The predicted molar refractivity (Wildman–Crippen MR) is 78.5 cm³/mol. The van der Waals surface area contributed by atoms with Gasteiger partial charge in [0.05, 0.1) is 20.7 Å². The van der Waals surface area contributed by atoms with E-state index in [1.165, 1.54) is 12.1 Å². The Hall–Kier alpha value is -1.10. The summed E-state index contributed by atoms with van der Waals surface area (Å²) in [4.78, 5) is 12.0. The van der Waals surface area contributed by atoms with E-state index in [1.54, 1.807) is 18.2 Å². The van der Waals surface area contributed by atoms with Crippen LogP contribution in [-0.4, -0.2) is 5.91 Å². The number of rotatable bonds is 2. The maximum Gasteiger partial charge on any atom is 0.258 e. The SMILES string of the molecule is O=C(Nc1cccc(Cl)c1Br)c1ccc(Cl)cc1F. The standard InChI is InChI=1S/C13H7BrCl2FNO/c14-12-9(16)2-1-3-11(12)18-13(19)8-5-4-7(15)6-10(8)17/h1-6H,(H,18,19). The van der Waals surface area contributed by atoms with E-state index < -0.39 is 11.7 Å². The molecule has 0 spiro atoms. The van der Waals surface area contributed by atoms with Crippen LogP contribution in [0.1, 0.15) is 10.4 Å². The molecular weight excluding hydrogens is 356 g/mol. The molecule has 1 amide bonds. The monoisotopic (exact) mass is 361 g/mol. The largest absolute Gasteiger partial charge is 0.321 e. The lowest BCUT2D eigenvalue weighted by molar-refractivity contribution is 0.102. The molecule has 0 aliphatic rings.